The number of unbranched alkanes of at least 4 members (excludes halogenated alkanes) is 7. The monoisotopic (exact) mass is 310 g/mol. The van der Waals surface area contributed by atoms with Gasteiger partial charge in [-0.15, -0.1) is 11.6 Å². The number of halogens is 1. The van der Waals surface area contributed by atoms with E-state index in [0.29, 0.717) is 5.88 Å². The molecule has 0 heterocycles. The van der Waals surface area contributed by atoms with Crippen molar-refractivity contribution in [3.05, 3.63) is 28.8 Å². The van der Waals surface area contributed by atoms with Crippen LogP contribution in [-0.4, -0.2) is 6.61 Å². The van der Waals surface area contributed by atoms with Crippen molar-refractivity contribution in [2.24, 2.45) is 0 Å². The number of rotatable bonds is 11. The minimum atomic E-state index is 0.569. The van der Waals surface area contributed by atoms with E-state index in [1.54, 1.807) is 0 Å². The topological polar surface area (TPSA) is 9.23 Å². The molecule has 0 unspecified atom stereocenters. The van der Waals surface area contributed by atoms with Crippen LogP contribution >= 0.6 is 11.6 Å². The Morgan fingerprint density at radius 1 is 0.857 bits per heavy atom. The van der Waals surface area contributed by atoms with Gasteiger partial charge in [0.05, 0.1) is 6.61 Å². The smallest absolute Gasteiger partial charge is 0.125 e. The molecule has 0 bridgehead atoms. The summed E-state index contributed by atoms with van der Waals surface area (Å²) in [6.07, 6.45) is 10.7. The van der Waals surface area contributed by atoms with Gasteiger partial charge in [0.15, 0.2) is 0 Å². The molecule has 0 amide bonds. The Bertz CT molecular complexity index is 378. The van der Waals surface area contributed by atoms with E-state index >= 15 is 0 Å². The van der Waals surface area contributed by atoms with Crippen molar-refractivity contribution in [1.29, 1.82) is 0 Å². The molecule has 0 aliphatic heterocycles. The number of aryl methyl sites for hydroxylation is 2. The first-order valence-corrected chi connectivity index (χ1v) is 9.01. The predicted molar refractivity (Wildman–Crippen MR) is 93.6 cm³/mol. The molecule has 1 rings (SSSR count). The summed E-state index contributed by atoms with van der Waals surface area (Å²) in [7, 11) is 0. The van der Waals surface area contributed by atoms with Crippen molar-refractivity contribution in [2.45, 2.75) is 78.0 Å². The first-order valence-electron chi connectivity index (χ1n) is 8.48. The van der Waals surface area contributed by atoms with E-state index in [1.807, 2.05) is 0 Å². The van der Waals surface area contributed by atoms with Crippen molar-refractivity contribution < 1.29 is 4.74 Å². The SMILES string of the molecule is CCCCCCCCCCOc1c(C)cc(CCl)cc1C. The summed E-state index contributed by atoms with van der Waals surface area (Å²) >= 11 is 5.89. The number of benzene rings is 1. The van der Waals surface area contributed by atoms with Gasteiger partial charge in [-0.3, -0.25) is 0 Å². The molecular formula is C19H31ClO. The van der Waals surface area contributed by atoms with Gasteiger partial charge in [-0.1, -0.05) is 64.0 Å². The van der Waals surface area contributed by atoms with E-state index in [1.165, 1.54) is 61.6 Å². The van der Waals surface area contributed by atoms with Gasteiger partial charge in [-0.05, 0) is 37.0 Å². The highest BCUT2D eigenvalue weighted by Gasteiger charge is 2.06. The first kappa shape index (κ1) is 18.4. The summed E-state index contributed by atoms with van der Waals surface area (Å²) in [6.45, 7) is 7.30. The highest BCUT2D eigenvalue weighted by molar-refractivity contribution is 6.17. The summed E-state index contributed by atoms with van der Waals surface area (Å²) in [5.41, 5.74) is 3.57. The second-order valence-electron chi connectivity index (χ2n) is 6.02. The lowest BCUT2D eigenvalue weighted by Gasteiger charge is -2.13. The average Bonchev–Trinajstić information content (AvgIpc) is 2.47. The molecule has 0 atom stereocenters. The highest BCUT2D eigenvalue weighted by atomic mass is 35.5. The average molecular weight is 311 g/mol. The van der Waals surface area contributed by atoms with Crippen LogP contribution < -0.4 is 4.74 Å². The Balaban J connectivity index is 2.18. The van der Waals surface area contributed by atoms with Crippen molar-refractivity contribution >= 4 is 11.6 Å². The van der Waals surface area contributed by atoms with Crippen LogP contribution in [0.1, 0.15) is 75.0 Å². The summed E-state index contributed by atoms with van der Waals surface area (Å²) < 4.78 is 5.97. The van der Waals surface area contributed by atoms with Crippen molar-refractivity contribution in [1.82, 2.24) is 0 Å². The summed E-state index contributed by atoms with van der Waals surface area (Å²) in [6, 6.07) is 4.26. The lowest BCUT2D eigenvalue weighted by Crippen LogP contribution is -2.01. The van der Waals surface area contributed by atoms with Crippen LogP contribution in [0.3, 0.4) is 0 Å². The molecule has 1 nitrogen and oxygen atoms in total. The summed E-state index contributed by atoms with van der Waals surface area (Å²) in [5.74, 6) is 1.62. The quantitative estimate of drug-likeness (QED) is 0.332. The van der Waals surface area contributed by atoms with E-state index < -0.39 is 0 Å². The summed E-state index contributed by atoms with van der Waals surface area (Å²) in [5, 5.41) is 0. The minimum Gasteiger partial charge on any atom is -0.493 e. The second kappa shape index (κ2) is 11.0. The zero-order valence-electron chi connectivity index (χ0n) is 14.0. The predicted octanol–water partition coefficient (Wildman–Crippen LogP) is 6.56. The van der Waals surface area contributed by atoms with Gasteiger partial charge in [0, 0.05) is 5.88 Å². The van der Waals surface area contributed by atoms with Crippen LogP contribution in [0.5, 0.6) is 5.75 Å². The van der Waals surface area contributed by atoms with Gasteiger partial charge in [-0.2, -0.15) is 0 Å². The van der Waals surface area contributed by atoms with Crippen LogP contribution in [0.2, 0.25) is 0 Å². The Morgan fingerprint density at radius 3 is 1.90 bits per heavy atom. The van der Waals surface area contributed by atoms with E-state index in [2.05, 4.69) is 32.9 Å². The Morgan fingerprint density at radius 2 is 1.38 bits per heavy atom. The number of alkyl halides is 1. The molecule has 0 spiro atoms. The third-order valence-electron chi connectivity index (χ3n) is 3.92. The normalized spacial score (nSPS) is 10.9. The van der Waals surface area contributed by atoms with Gasteiger partial charge >= 0.3 is 0 Å². The minimum absolute atomic E-state index is 0.569. The molecule has 21 heavy (non-hydrogen) atoms. The van der Waals surface area contributed by atoms with Gasteiger partial charge in [-0.25, -0.2) is 0 Å². The van der Waals surface area contributed by atoms with E-state index in [-0.39, 0.29) is 0 Å². The molecule has 0 radical (unpaired) electrons. The lowest BCUT2D eigenvalue weighted by atomic mass is 10.1. The molecule has 0 aliphatic rings. The van der Waals surface area contributed by atoms with Crippen molar-refractivity contribution in [2.75, 3.05) is 6.61 Å². The Labute approximate surface area is 136 Å². The molecule has 0 aliphatic carbocycles. The molecular weight excluding hydrogens is 280 g/mol. The third kappa shape index (κ3) is 7.22. The van der Waals surface area contributed by atoms with Gasteiger partial charge in [0.25, 0.3) is 0 Å². The second-order valence-corrected chi connectivity index (χ2v) is 6.28. The first-order chi connectivity index (χ1) is 10.2. The fraction of sp³-hybridized carbons (Fsp3) is 0.684. The molecule has 0 fully saturated rings. The van der Waals surface area contributed by atoms with Crippen molar-refractivity contribution in [3.8, 4) is 5.75 Å². The molecule has 0 saturated carbocycles. The van der Waals surface area contributed by atoms with Crippen LogP contribution in [0.4, 0.5) is 0 Å². The molecule has 0 aromatic heterocycles. The maximum Gasteiger partial charge on any atom is 0.125 e. The maximum atomic E-state index is 5.97. The van der Waals surface area contributed by atoms with Crippen LogP contribution in [0.25, 0.3) is 0 Å². The maximum absolute atomic E-state index is 5.97. The zero-order valence-corrected chi connectivity index (χ0v) is 14.8. The fourth-order valence-corrected chi connectivity index (χ4v) is 2.91. The lowest BCUT2D eigenvalue weighted by molar-refractivity contribution is 0.300. The number of ether oxygens (including phenoxy) is 1. The molecule has 0 N–H and O–H groups in total. The van der Waals surface area contributed by atoms with Crippen LogP contribution in [0.15, 0.2) is 12.1 Å². The van der Waals surface area contributed by atoms with Crippen molar-refractivity contribution in [3.63, 3.8) is 0 Å². The standard InChI is InChI=1S/C19H31ClO/c1-4-5-6-7-8-9-10-11-12-21-19-16(2)13-18(15-20)14-17(19)3/h13-14H,4-12,15H2,1-3H3. The van der Waals surface area contributed by atoms with E-state index in [0.717, 1.165) is 18.8 Å². The molecule has 1 aromatic rings. The number of hydrogen-bond acceptors (Lipinski definition) is 1. The fourth-order valence-electron chi connectivity index (χ4n) is 2.75. The van der Waals surface area contributed by atoms with Gasteiger partial charge < -0.3 is 4.74 Å². The zero-order chi connectivity index (χ0) is 15.5. The van der Waals surface area contributed by atoms with E-state index in [9.17, 15) is 0 Å². The molecule has 1 aromatic carbocycles. The number of hydrogen-bond donors (Lipinski definition) is 0. The van der Waals surface area contributed by atoms with Crippen LogP contribution in [-0.2, 0) is 5.88 Å². The van der Waals surface area contributed by atoms with Gasteiger partial charge in [0.1, 0.15) is 5.75 Å². The Hall–Kier alpha value is -0.690. The highest BCUT2D eigenvalue weighted by Crippen LogP contribution is 2.25. The third-order valence-corrected chi connectivity index (χ3v) is 4.23. The van der Waals surface area contributed by atoms with Gasteiger partial charge in [0.2, 0.25) is 0 Å². The Kier molecular flexibility index (Phi) is 9.58. The largest absolute Gasteiger partial charge is 0.493 e. The summed E-state index contributed by atoms with van der Waals surface area (Å²) in [4.78, 5) is 0. The molecule has 120 valence electrons. The molecule has 0 saturated heterocycles. The van der Waals surface area contributed by atoms with E-state index in [4.69, 9.17) is 16.3 Å². The van der Waals surface area contributed by atoms with Crippen LogP contribution in [0, 0.1) is 13.8 Å². The molecule has 2 heteroatoms.